The van der Waals surface area contributed by atoms with Crippen molar-refractivity contribution < 1.29 is 22.7 Å². The van der Waals surface area contributed by atoms with Crippen molar-refractivity contribution in [2.75, 3.05) is 20.2 Å². The van der Waals surface area contributed by atoms with E-state index in [-0.39, 0.29) is 17.7 Å². The Labute approximate surface area is 155 Å². The maximum absolute atomic E-state index is 12.7. The van der Waals surface area contributed by atoms with Gasteiger partial charge in [-0.05, 0) is 35.4 Å². The molecule has 0 spiro atoms. The highest BCUT2D eigenvalue weighted by Crippen LogP contribution is 2.33. The van der Waals surface area contributed by atoms with E-state index in [0.717, 1.165) is 29.0 Å². The Morgan fingerprint density at radius 1 is 1.11 bits per heavy atom. The molecule has 0 radical (unpaired) electrons. The molecule has 1 heterocycles. The molecule has 2 N–H and O–H groups in total. The monoisotopic (exact) mass is 378 g/mol. The number of hydrogen-bond acceptors (Lipinski definition) is 3. The Kier molecular flexibility index (Phi) is 5.70. The SMILES string of the molecule is COc1ccc(CNC(=O)[C@@H]2CNC[C@H]2c2ccc(C(F)(F)F)cc2)cc1. The van der Waals surface area contributed by atoms with Gasteiger partial charge in [-0.1, -0.05) is 24.3 Å². The first-order chi connectivity index (χ1) is 12.9. The lowest BCUT2D eigenvalue weighted by Gasteiger charge is -2.19. The molecule has 3 rings (SSSR count). The first-order valence-corrected chi connectivity index (χ1v) is 8.67. The predicted octanol–water partition coefficient (Wildman–Crippen LogP) is 3.33. The summed E-state index contributed by atoms with van der Waals surface area (Å²) in [7, 11) is 1.59. The van der Waals surface area contributed by atoms with E-state index in [1.54, 1.807) is 7.11 Å². The van der Waals surface area contributed by atoms with Crippen molar-refractivity contribution in [1.29, 1.82) is 0 Å². The summed E-state index contributed by atoms with van der Waals surface area (Å²) in [4.78, 5) is 12.6. The number of carbonyl (C=O) groups excluding carboxylic acids is 1. The second-order valence-electron chi connectivity index (χ2n) is 6.56. The Bertz CT molecular complexity index is 773. The van der Waals surface area contributed by atoms with Crippen LogP contribution in [0.3, 0.4) is 0 Å². The van der Waals surface area contributed by atoms with E-state index >= 15 is 0 Å². The minimum absolute atomic E-state index is 0.110. The van der Waals surface area contributed by atoms with Crippen molar-refractivity contribution in [3.8, 4) is 5.75 Å². The van der Waals surface area contributed by atoms with Crippen molar-refractivity contribution in [2.24, 2.45) is 5.92 Å². The minimum Gasteiger partial charge on any atom is -0.497 e. The number of alkyl halides is 3. The molecule has 1 saturated heterocycles. The molecule has 4 nitrogen and oxygen atoms in total. The van der Waals surface area contributed by atoms with Gasteiger partial charge in [0.1, 0.15) is 5.75 Å². The summed E-state index contributed by atoms with van der Waals surface area (Å²) in [6.07, 6.45) is -4.36. The topological polar surface area (TPSA) is 50.4 Å². The minimum atomic E-state index is -4.36. The number of methoxy groups -OCH3 is 1. The van der Waals surface area contributed by atoms with Crippen LogP contribution in [0.4, 0.5) is 13.2 Å². The number of hydrogen-bond donors (Lipinski definition) is 2. The van der Waals surface area contributed by atoms with Crippen molar-refractivity contribution in [3.05, 3.63) is 65.2 Å². The van der Waals surface area contributed by atoms with Gasteiger partial charge in [-0.2, -0.15) is 13.2 Å². The Balaban J connectivity index is 1.63. The highest BCUT2D eigenvalue weighted by Gasteiger charge is 2.35. The fraction of sp³-hybridized carbons (Fsp3) is 0.350. The first kappa shape index (κ1) is 19.2. The second-order valence-corrected chi connectivity index (χ2v) is 6.56. The Morgan fingerprint density at radius 2 is 1.78 bits per heavy atom. The number of rotatable bonds is 5. The third-order valence-corrected chi connectivity index (χ3v) is 4.84. The summed E-state index contributed by atoms with van der Waals surface area (Å²) in [5.74, 6) is 0.163. The summed E-state index contributed by atoms with van der Waals surface area (Å²) in [5.41, 5.74) is 0.997. The summed E-state index contributed by atoms with van der Waals surface area (Å²) in [6.45, 7) is 1.45. The molecule has 2 aromatic rings. The predicted molar refractivity (Wildman–Crippen MR) is 95.4 cm³/mol. The fourth-order valence-electron chi connectivity index (χ4n) is 3.29. The standard InChI is InChI=1S/C20H21F3N2O2/c1-27-16-8-2-13(3-9-16)10-25-19(26)18-12-24-11-17(18)14-4-6-15(7-5-14)20(21,22)23/h2-9,17-18,24H,10-12H2,1H3,(H,25,26)/t17-,18+/m0/s1. The molecule has 144 valence electrons. The quantitative estimate of drug-likeness (QED) is 0.839. The molecule has 1 aliphatic rings. The normalized spacial score (nSPS) is 19.7. The van der Waals surface area contributed by atoms with Crippen LogP contribution < -0.4 is 15.4 Å². The molecule has 0 aliphatic carbocycles. The molecule has 1 aliphatic heterocycles. The van der Waals surface area contributed by atoms with Gasteiger partial charge in [-0.25, -0.2) is 0 Å². The number of nitrogens with one attached hydrogen (secondary N) is 2. The van der Waals surface area contributed by atoms with Crippen molar-refractivity contribution in [1.82, 2.24) is 10.6 Å². The van der Waals surface area contributed by atoms with Gasteiger partial charge in [0, 0.05) is 25.6 Å². The zero-order valence-corrected chi connectivity index (χ0v) is 14.8. The van der Waals surface area contributed by atoms with E-state index in [4.69, 9.17) is 4.74 Å². The van der Waals surface area contributed by atoms with E-state index in [1.807, 2.05) is 24.3 Å². The average Bonchev–Trinajstić information content (AvgIpc) is 3.16. The van der Waals surface area contributed by atoms with Gasteiger partial charge in [0.25, 0.3) is 0 Å². The van der Waals surface area contributed by atoms with Gasteiger partial charge < -0.3 is 15.4 Å². The zero-order chi connectivity index (χ0) is 19.4. The molecule has 0 bridgehead atoms. The first-order valence-electron chi connectivity index (χ1n) is 8.67. The molecule has 2 atom stereocenters. The summed E-state index contributed by atoms with van der Waals surface area (Å²) in [6, 6.07) is 12.5. The van der Waals surface area contributed by atoms with Crippen LogP contribution in [-0.4, -0.2) is 26.1 Å². The number of amides is 1. The van der Waals surface area contributed by atoms with Gasteiger partial charge in [0.05, 0.1) is 18.6 Å². The van der Waals surface area contributed by atoms with Crippen LogP contribution in [0.25, 0.3) is 0 Å². The van der Waals surface area contributed by atoms with Gasteiger partial charge in [0.15, 0.2) is 0 Å². The van der Waals surface area contributed by atoms with Crippen LogP contribution in [0.2, 0.25) is 0 Å². The summed E-state index contributed by atoms with van der Waals surface area (Å²) < 4.78 is 43.3. The number of halogens is 3. The maximum Gasteiger partial charge on any atom is 0.416 e. The molecular formula is C20H21F3N2O2. The lowest BCUT2D eigenvalue weighted by molar-refractivity contribution is -0.137. The van der Waals surface area contributed by atoms with Crippen molar-refractivity contribution in [2.45, 2.75) is 18.6 Å². The van der Waals surface area contributed by atoms with E-state index < -0.39 is 11.7 Å². The van der Waals surface area contributed by atoms with E-state index in [0.29, 0.717) is 19.6 Å². The third kappa shape index (κ3) is 4.60. The Hall–Kier alpha value is -2.54. The second kappa shape index (κ2) is 8.00. The summed E-state index contributed by atoms with van der Waals surface area (Å²) in [5, 5.41) is 6.07. The van der Waals surface area contributed by atoms with Crippen molar-refractivity contribution >= 4 is 5.91 Å². The van der Waals surface area contributed by atoms with Crippen LogP contribution >= 0.6 is 0 Å². The fourth-order valence-corrected chi connectivity index (χ4v) is 3.29. The number of carbonyl (C=O) groups is 1. The smallest absolute Gasteiger partial charge is 0.416 e. The van der Waals surface area contributed by atoms with Crippen LogP contribution in [-0.2, 0) is 17.5 Å². The molecular weight excluding hydrogens is 357 g/mol. The highest BCUT2D eigenvalue weighted by atomic mass is 19.4. The lowest BCUT2D eigenvalue weighted by Crippen LogP contribution is -2.34. The molecule has 7 heteroatoms. The molecule has 0 unspecified atom stereocenters. The van der Waals surface area contributed by atoms with Crippen molar-refractivity contribution in [3.63, 3.8) is 0 Å². The zero-order valence-electron chi connectivity index (χ0n) is 14.8. The molecule has 27 heavy (non-hydrogen) atoms. The third-order valence-electron chi connectivity index (χ3n) is 4.84. The van der Waals surface area contributed by atoms with E-state index in [2.05, 4.69) is 10.6 Å². The lowest BCUT2D eigenvalue weighted by atomic mass is 9.88. The number of benzene rings is 2. The molecule has 1 amide bonds. The van der Waals surface area contributed by atoms with Gasteiger partial charge in [0.2, 0.25) is 5.91 Å². The molecule has 0 aromatic heterocycles. The van der Waals surface area contributed by atoms with Crippen LogP contribution in [0.5, 0.6) is 5.75 Å². The maximum atomic E-state index is 12.7. The molecule has 2 aromatic carbocycles. The molecule has 0 saturated carbocycles. The van der Waals surface area contributed by atoms with E-state index in [9.17, 15) is 18.0 Å². The van der Waals surface area contributed by atoms with Gasteiger partial charge in [-0.3, -0.25) is 4.79 Å². The van der Waals surface area contributed by atoms with Crippen LogP contribution in [0.15, 0.2) is 48.5 Å². The van der Waals surface area contributed by atoms with Gasteiger partial charge in [-0.15, -0.1) is 0 Å². The van der Waals surface area contributed by atoms with E-state index in [1.165, 1.54) is 12.1 Å². The Morgan fingerprint density at radius 3 is 2.37 bits per heavy atom. The highest BCUT2D eigenvalue weighted by molar-refractivity contribution is 5.80. The average molecular weight is 378 g/mol. The largest absolute Gasteiger partial charge is 0.497 e. The van der Waals surface area contributed by atoms with Gasteiger partial charge >= 0.3 is 6.18 Å². The molecule has 1 fully saturated rings. The van der Waals surface area contributed by atoms with Crippen LogP contribution in [0.1, 0.15) is 22.6 Å². The van der Waals surface area contributed by atoms with Crippen LogP contribution in [0, 0.1) is 5.92 Å². The summed E-state index contributed by atoms with van der Waals surface area (Å²) >= 11 is 0. The number of ether oxygens (including phenoxy) is 1.